The summed E-state index contributed by atoms with van der Waals surface area (Å²) in [5.74, 6) is 0.200. The first kappa shape index (κ1) is 14.4. The second-order valence-electron chi connectivity index (χ2n) is 3.93. The monoisotopic (exact) mass is 340 g/mol. The normalized spacial score (nSPS) is 10.3. The van der Waals surface area contributed by atoms with E-state index in [1.807, 2.05) is 0 Å². The van der Waals surface area contributed by atoms with Crippen molar-refractivity contribution in [3.8, 4) is 11.5 Å². The van der Waals surface area contributed by atoms with E-state index in [0.717, 1.165) is 0 Å². The fourth-order valence-corrected chi connectivity index (χ4v) is 1.94. The number of halogens is 2. The van der Waals surface area contributed by atoms with Gasteiger partial charge in [0.15, 0.2) is 0 Å². The van der Waals surface area contributed by atoms with Crippen LogP contribution in [0.3, 0.4) is 0 Å². The van der Waals surface area contributed by atoms with E-state index in [-0.39, 0.29) is 18.0 Å². The molecular weight excluding hydrogens is 331 g/mol. The van der Waals surface area contributed by atoms with Crippen molar-refractivity contribution in [3.05, 3.63) is 62.4 Å². The predicted molar refractivity (Wildman–Crippen MR) is 75.2 cm³/mol. The van der Waals surface area contributed by atoms with Crippen molar-refractivity contribution in [1.82, 2.24) is 0 Å². The number of rotatable bonds is 4. The van der Waals surface area contributed by atoms with Gasteiger partial charge in [0.2, 0.25) is 0 Å². The topological polar surface area (TPSA) is 78.4 Å². The molecule has 0 spiro atoms. The highest BCUT2D eigenvalue weighted by molar-refractivity contribution is 9.10. The van der Waals surface area contributed by atoms with Crippen LogP contribution in [-0.2, 0) is 6.54 Å². The molecule has 2 N–H and O–H groups in total. The lowest BCUT2D eigenvalue weighted by molar-refractivity contribution is -0.384. The van der Waals surface area contributed by atoms with Gasteiger partial charge in [-0.05, 0) is 40.2 Å². The van der Waals surface area contributed by atoms with Gasteiger partial charge in [-0.1, -0.05) is 0 Å². The lowest BCUT2D eigenvalue weighted by Crippen LogP contribution is -2.00. The number of nitrogens with two attached hydrogens (primary N) is 1. The van der Waals surface area contributed by atoms with Crippen LogP contribution < -0.4 is 10.5 Å². The first-order valence-electron chi connectivity index (χ1n) is 5.61. The van der Waals surface area contributed by atoms with Crippen molar-refractivity contribution in [1.29, 1.82) is 0 Å². The van der Waals surface area contributed by atoms with Gasteiger partial charge in [0.1, 0.15) is 17.3 Å². The van der Waals surface area contributed by atoms with Gasteiger partial charge < -0.3 is 10.5 Å². The molecule has 0 aliphatic heterocycles. The second kappa shape index (κ2) is 5.98. The van der Waals surface area contributed by atoms with E-state index in [1.165, 1.54) is 36.4 Å². The van der Waals surface area contributed by atoms with Crippen LogP contribution in [-0.4, -0.2) is 4.92 Å². The molecule has 2 aromatic carbocycles. The van der Waals surface area contributed by atoms with Gasteiger partial charge in [-0.15, -0.1) is 0 Å². The van der Waals surface area contributed by atoms with Crippen molar-refractivity contribution in [2.45, 2.75) is 6.54 Å². The first-order valence-corrected chi connectivity index (χ1v) is 6.41. The molecule has 0 unspecified atom stereocenters. The molecule has 20 heavy (non-hydrogen) atoms. The summed E-state index contributed by atoms with van der Waals surface area (Å²) in [5, 5.41) is 10.7. The number of hydrogen-bond acceptors (Lipinski definition) is 4. The van der Waals surface area contributed by atoms with Crippen LogP contribution in [0.5, 0.6) is 11.5 Å². The summed E-state index contributed by atoms with van der Waals surface area (Å²) in [5.41, 5.74) is 5.90. The largest absolute Gasteiger partial charge is 0.456 e. The van der Waals surface area contributed by atoms with E-state index in [1.54, 1.807) is 0 Å². The molecule has 0 aromatic heterocycles. The smallest absolute Gasteiger partial charge is 0.273 e. The quantitative estimate of drug-likeness (QED) is 0.679. The third-order valence-corrected chi connectivity index (χ3v) is 3.24. The zero-order valence-corrected chi connectivity index (χ0v) is 11.8. The van der Waals surface area contributed by atoms with Crippen LogP contribution >= 0.6 is 15.9 Å². The number of nitro groups is 1. The Hall–Kier alpha value is -1.99. The fraction of sp³-hybridized carbons (Fsp3) is 0.0769. The Morgan fingerprint density at radius 2 is 2.00 bits per heavy atom. The molecule has 0 fully saturated rings. The highest BCUT2D eigenvalue weighted by Crippen LogP contribution is 2.34. The van der Waals surface area contributed by atoms with E-state index >= 15 is 0 Å². The Bertz CT molecular complexity index is 664. The summed E-state index contributed by atoms with van der Waals surface area (Å²) in [6.07, 6.45) is 0. The molecule has 2 rings (SSSR count). The molecule has 0 saturated heterocycles. The van der Waals surface area contributed by atoms with Crippen molar-refractivity contribution in [2.24, 2.45) is 5.73 Å². The van der Waals surface area contributed by atoms with Gasteiger partial charge in [-0.2, -0.15) is 0 Å². The zero-order chi connectivity index (χ0) is 14.7. The third-order valence-electron chi connectivity index (χ3n) is 2.59. The molecular formula is C13H10BrFN2O3. The Labute approximate surface area is 122 Å². The van der Waals surface area contributed by atoms with E-state index < -0.39 is 10.7 Å². The average molecular weight is 341 g/mol. The fourth-order valence-electron chi connectivity index (χ4n) is 1.61. The Balaban J connectivity index is 2.39. The minimum absolute atomic E-state index is 0.0969. The Morgan fingerprint density at radius 3 is 2.65 bits per heavy atom. The van der Waals surface area contributed by atoms with Gasteiger partial charge in [-0.3, -0.25) is 10.1 Å². The molecule has 0 bridgehead atoms. The summed E-state index contributed by atoms with van der Waals surface area (Å²) >= 11 is 3.25. The van der Waals surface area contributed by atoms with E-state index in [2.05, 4.69) is 15.9 Å². The third kappa shape index (κ3) is 3.12. The maximum atomic E-state index is 13.1. The average Bonchev–Trinajstić information content (AvgIpc) is 2.42. The second-order valence-corrected chi connectivity index (χ2v) is 4.78. The van der Waals surface area contributed by atoms with Crippen LogP contribution in [0.2, 0.25) is 0 Å². The molecule has 7 heteroatoms. The van der Waals surface area contributed by atoms with Crippen LogP contribution in [0.15, 0.2) is 40.9 Å². The maximum absolute atomic E-state index is 13.1. The minimum atomic E-state index is -0.520. The predicted octanol–water partition coefficient (Wildman–Crippen LogP) is 3.75. The summed E-state index contributed by atoms with van der Waals surface area (Å²) < 4.78 is 19.2. The van der Waals surface area contributed by atoms with E-state index in [9.17, 15) is 14.5 Å². The zero-order valence-electron chi connectivity index (χ0n) is 10.2. The van der Waals surface area contributed by atoms with Crippen LogP contribution in [0.1, 0.15) is 5.56 Å². The van der Waals surface area contributed by atoms with Gasteiger partial charge >= 0.3 is 0 Å². The van der Waals surface area contributed by atoms with E-state index in [0.29, 0.717) is 15.8 Å². The molecule has 0 atom stereocenters. The van der Waals surface area contributed by atoms with Gasteiger partial charge in [0.05, 0.1) is 15.5 Å². The molecule has 2 aromatic rings. The van der Waals surface area contributed by atoms with Crippen LogP contribution in [0.4, 0.5) is 10.1 Å². The summed E-state index contributed by atoms with van der Waals surface area (Å²) in [7, 11) is 0. The first-order chi connectivity index (χ1) is 9.51. The molecule has 104 valence electrons. The number of hydrogen-bond donors (Lipinski definition) is 1. The Morgan fingerprint density at radius 1 is 1.25 bits per heavy atom. The number of ether oxygens (including phenoxy) is 1. The summed E-state index contributed by atoms with van der Waals surface area (Å²) in [6.45, 7) is 0.0969. The highest BCUT2D eigenvalue weighted by Gasteiger charge is 2.13. The number of non-ortho nitro benzene ring substituents is 1. The van der Waals surface area contributed by atoms with Crippen molar-refractivity contribution < 1.29 is 14.1 Å². The van der Waals surface area contributed by atoms with Crippen molar-refractivity contribution >= 4 is 21.6 Å². The van der Waals surface area contributed by atoms with Crippen molar-refractivity contribution in [2.75, 3.05) is 0 Å². The number of benzene rings is 2. The molecule has 0 radical (unpaired) electrons. The van der Waals surface area contributed by atoms with Crippen LogP contribution in [0, 0.1) is 15.9 Å². The lowest BCUT2D eigenvalue weighted by Gasteiger charge is -2.11. The summed E-state index contributed by atoms with van der Waals surface area (Å²) in [6, 6.07) is 8.08. The highest BCUT2D eigenvalue weighted by atomic mass is 79.9. The molecule has 0 aliphatic rings. The Kier molecular flexibility index (Phi) is 4.31. The molecule has 5 nitrogen and oxygen atoms in total. The van der Waals surface area contributed by atoms with Gasteiger partial charge in [0, 0.05) is 18.2 Å². The minimum Gasteiger partial charge on any atom is -0.456 e. The number of nitro benzene ring substituents is 1. The van der Waals surface area contributed by atoms with Gasteiger partial charge in [-0.25, -0.2) is 4.39 Å². The molecule has 0 amide bonds. The van der Waals surface area contributed by atoms with Crippen molar-refractivity contribution in [3.63, 3.8) is 0 Å². The number of nitrogens with zero attached hydrogens (tertiary/aromatic N) is 1. The van der Waals surface area contributed by atoms with E-state index in [4.69, 9.17) is 10.5 Å². The summed E-state index contributed by atoms with van der Waals surface area (Å²) in [4.78, 5) is 10.2. The SMILES string of the molecule is NCc1cc(F)ccc1Oc1cc([N+](=O)[O-])ccc1Br. The standard InChI is InChI=1S/C13H10BrFN2O3/c14-11-3-2-10(17(18)19)6-13(11)20-12-4-1-9(15)5-8(12)7-16/h1-6H,7,16H2. The van der Waals surface area contributed by atoms with Gasteiger partial charge in [0.25, 0.3) is 5.69 Å². The molecule has 0 heterocycles. The molecule has 0 aliphatic carbocycles. The maximum Gasteiger partial charge on any atom is 0.273 e. The molecule has 0 saturated carbocycles. The van der Waals surface area contributed by atoms with Crippen LogP contribution in [0.25, 0.3) is 0 Å². The lowest BCUT2D eigenvalue weighted by atomic mass is 10.2.